The van der Waals surface area contributed by atoms with E-state index in [1.54, 1.807) is 5.57 Å². The zero-order chi connectivity index (χ0) is 12.4. The van der Waals surface area contributed by atoms with Crippen molar-refractivity contribution in [2.24, 2.45) is 0 Å². The summed E-state index contributed by atoms with van der Waals surface area (Å²) in [7, 11) is 2.07. The molecule has 2 heteroatoms. The van der Waals surface area contributed by atoms with Gasteiger partial charge in [0.05, 0.1) is 6.61 Å². The minimum Gasteiger partial charge on any atom is -0.493 e. The molecular weight excluding hydrogens is 222 g/mol. The SMILES string of the molecule is CNC(C1=CCCCC1)C1COc2ccccc21. The molecule has 1 aliphatic heterocycles. The fourth-order valence-corrected chi connectivity index (χ4v) is 3.25. The van der Waals surface area contributed by atoms with Crippen LogP contribution in [0.15, 0.2) is 35.9 Å². The molecule has 1 heterocycles. The second kappa shape index (κ2) is 5.15. The van der Waals surface area contributed by atoms with Crippen molar-refractivity contribution in [3.05, 3.63) is 41.5 Å². The number of para-hydroxylation sites is 1. The molecule has 0 saturated heterocycles. The Kier molecular flexibility index (Phi) is 3.37. The third-order valence-electron chi connectivity index (χ3n) is 4.18. The lowest BCUT2D eigenvalue weighted by Crippen LogP contribution is -2.35. The highest BCUT2D eigenvalue weighted by molar-refractivity contribution is 5.42. The van der Waals surface area contributed by atoms with Crippen molar-refractivity contribution in [2.75, 3.05) is 13.7 Å². The van der Waals surface area contributed by atoms with Crippen LogP contribution >= 0.6 is 0 Å². The molecule has 0 radical (unpaired) electrons. The van der Waals surface area contributed by atoms with Gasteiger partial charge < -0.3 is 10.1 Å². The van der Waals surface area contributed by atoms with Crippen LogP contribution in [-0.2, 0) is 0 Å². The molecule has 0 bridgehead atoms. The fourth-order valence-electron chi connectivity index (χ4n) is 3.25. The maximum absolute atomic E-state index is 5.82. The first-order valence-electron chi connectivity index (χ1n) is 6.98. The van der Waals surface area contributed by atoms with E-state index in [-0.39, 0.29) is 0 Å². The lowest BCUT2D eigenvalue weighted by atomic mass is 9.84. The zero-order valence-electron chi connectivity index (χ0n) is 11.0. The van der Waals surface area contributed by atoms with Crippen molar-refractivity contribution in [3.63, 3.8) is 0 Å². The van der Waals surface area contributed by atoms with Gasteiger partial charge in [0.2, 0.25) is 0 Å². The quantitative estimate of drug-likeness (QED) is 0.823. The lowest BCUT2D eigenvalue weighted by molar-refractivity contribution is 0.310. The molecule has 2 unspecified atom stereocenters. The smallest absolute Gasteiger partial charge is 0.122 e. The Morgan fingerprint density at radius 1 is 1.28 bits per heavy atom. The first-order valence-corrected chi connectivity index (χ1v) is 6.98. The monoisotopic (exact) mass is 243 g/mol. The predicted molar refractivity (Wildman–Crippen MR) is 74.1 cm³/mol. The van der Waals surface area contributed by atoms with Crippen LogP contribution in [0, 0.1) is 0 Å². The number of rotatable bonds is 3. The highest BCUT2D eigenvalue weighted by Gasteiger charge is 2.32. The Labute approximate surface area is 109 Å². The van der Waals surface area contributed by atoms with Crippen LogP contribution in [0.2, 0.25) is 0 Å². The number of hydrogen-bond donors (Lipinski definition) is 1. The van der Waals surface area contributed by atoms with Gasteiger partial charge in [-0.25, -0.2) is 0 Å². The largest absolute Gasteiger partial charge is 0.493 e. The number of allylic oxidation sites excluding steroid dienone is 1. The average molecular weight is 243 g/mol. The van der Waals surface area contributed by atoms with Gasteiger partial charge in [0.1, 0.15) is 5.75 Å². The number of nitrogens with one attached hydrogen (secondary N) is 1. The third kappa shape index (κ3) is 2.05. The summed E-state index contributed by atoms with van der Waals surface area (Å²) < 4.78 is 5.82. The second-order valence-corrected chi connectivity index (χ2v) is 5.25. The van der Waals surface area contributed by atoms with Crippen LogP contribution in [0.5, 0.6) is 5.75 Å². The average Bonchev–Trinajstić information content (AvgIpc) is 2.85. The Balaban J connectivity index is 1.87. The Bertz CT molecular complexity index is 452. The van der Waals surface area contributed by atoms with Crippen molar-refractivity contribution in [1.29, 1.82) is 0 Å². The van der Waals surface area contributed by atoms with Gasteiger partial charge in [0.15, 0.2) is 0 Å². The highest BCUT2D eigenvalue weighted by Crippen LogP contribution is 2.38. The standard InChI is InChI=1S/C16H21NO/c1-17-16(12-7-3-2-4-8-12)14-11-18-15-10-6-5-9-13(14)15/h5-7,9-10,14,16-17H,2-4,8,11H2,1H3. The molecule has 2 aliphatic rings. The number of hydrogen-bond acceptors (Lipinski definition) is 2. The third-order valence-corrected chi connectivity index (χ3v) is 4.18. The summed E-state index contributed by atoms with van der Waals surface area (Å²) in [5, 5.41) is 3.51. The van der Waals surface area contributed by atoms with Crippen LogP contribution in [0.25, 0.3) is 0 Å². The Hall–Kier alpha value is -1.28. The normalized spacial score (nSPS) is 24.1. The summed E-state index contributed by atoms with van der Waals surface area (Å²) in [6.45, 7) is 0.808. The predicted octanol–water partition coefficient (Wildman–Crippen LogP) is 3.25. The van der Waals surface area contributed by atoms with E-state index in [0.29, 0.717) is 12.0 Å². The minimum absolute atomic E-state index is 0.439. The van der Waals surface area contributed by atoms with E-state index in [9.17, 15) is 0 Å². The molecule has 18 heavy (non-hydrogen) atoms. The molecule has 1 aliphatic carbocycles. The molecule has 3 rings (SSSR count). The lowest BCUT2D eigenvalue weighted by Gasteiger charge is -2.27. The first kappa shape index (κ1) is 11.8. The van der Waals surface area contributed by atoms with Gasteiger partial charge in [-0.05, 0) is 38.8 Å². The van der Waals surface area contributed by atoms with Gasteiger partial charge in [-0.3, -0.25) is 0 Å². The molecule has 1 aromatic rings. The van der Waals surface area contributed by atoms with E-state index in [0.717, 1.165) is 12.4 Å². The van der Waals surface area contributed by atoms with E-state index in [4.69, 9.17) is 4.74 Å². The van der Waals surface area contributed by atoms with E-state index in [1.807, 2.05) is 0 Å². The fraction of sp³-hybridized carbons (Fsp3) is 0.500. The van der Waals surface area contributed by atoms with Gasteiger partial charge in [-0.15, -0.1) is 0 Å². The van der Waals surface area contributed by atoms with Crippen LogP contribution in [0.3, 0.4) is 0 Å². The van der Waals surface area contributed by atoms with Crippen molar-refractivity contribution in [3.8, 4) is 5.75 Å². The van der Waals surface area contributed by atoms with Crippen molar-refractivity contribution >= 4 is 0 Å². The maximum Gasteiger partial charge on any atom is 0.122 e. The van der Waals surface area contributed by atoms with Crippen molar-refractivity contribution in [2.45, 2.75) is 37.6 Å². The van der Waals surface area contributed by atoms with Crippen molar-refractivity contribution < 1.29 is 4.74 Å². The summed E-state index contributed by atoms with van der Waals surface area (Å²) in [6.07, 6.45) is 7.59. The van der Waals surface area contributed by atoms with Gasteiger partial charge in [-0.2, -0.15) is 0 Å². The Morgan fingerprint density at radius 3 is 2.94 bits per heavy atom. The first-order chi connectivity index (χ1) is 8.90. The van der Waals surface area contributed by atoms with E-state index < -0.39 is 0 Å². The topological polar surface area (TPSA) is 21.3 Å². The molecule has 1 N–H and O–H groups in total. The zero-order valence-corrected chi connectivity index (χ0v) is 11.0. The van der Waals surface area contributed by atoms with Gasteiger partial charge in [-0.1, -0.05) is 29.8 Å². The summed E-state index contributed by atoms with van der Waals surface area (Å²) >= 11 is 0. The summed E-state index contributed by atoms with van der Waals surface area (Å²) in [5.41, 5.74) is 2.94. The molecule has 1 aromatic carbocycles. The Morgan fingerprint density at radius 2 is 2.17 bits per heavy atom. The van der Waals surface area contributed by atoms with Crippen LogP contribution in [0.4, 0.5) is 0 Å². The van der Waals surface area contributed by atoms with E-state index >= 15 is 0 Å². The van der Waals surface area contributed by atoms with Crippen LogP contribution < -0.4 is 10.1 Å². The number of benzene rings is 1. The number of ether oxygens (including phenoxy) is 1. The molecule has 0 saturated carbocycles. The minimum atomic E-state index is 0.439. The maximum atomic E-state index is 5.82. The molecule has 0 aromatic heterocycles. The van der Waals surface area contributed by atoms with Crippen LogP contribution in [0.1, 0.15) is 37.2 Å². The van der Waals surface area contributed by atoms with E-state index in [2.05, 4.69) is 42.7 Å². The molecular formula is C16H21NO. The highest BCUT2D eigenvalue weighted by atomic mass is 16.5. The van der Waals surface area contributed by atoms with E-state index in [1.165, 1.54) is 31.2 Å². The second-order valence-electron chi connectivity index (χ2n) is 5.25. The molecule has 2 nitrogen and oxygen atoms in total. The van der Waals surface area contributed by atoms with Gasteiger partial charge in [0, 0.05) is 17.5 Å². The number of fused-ring (bicyclic) bond motifs is 1. The summed E-state index contributed by atoms with van der Waals surface area (Å²) in [5.74, 6) is 1.54. The molecule has 0 fully saturated rings. The molecule has 96 valence electrons. The molecule has 2 atom stereocenters. The number of likely N-dealkylation sites (N-methyl/N-ethyl adjacent to an activating group) is 1. The summed E-state index contributed by atoms with van der Waals surface area (Å²) in [4.78, 5) is 0. The van der Waals surface area contributed by atoms with Crippen LogP contribution in [-0.4, -0.2) is 19.7 Å². The van der Waals surface area contributed by atoms with Crippen molar-refractivity contribution in [1.82, 2.24) is 5.32 Å². The summed E-state index contributed by atoms with van der Waals surface area (Å²) in [6, 6.07) is 8.89. The van der Waals surface area contributed by atoms with Gasteiger partial charge >= 0.3 is 0 Å². The molecule has 0 spiro atoms. The van der Waals surface area contributed by atoms with Gasteiger partial charge in [0.25, 0.3) is 0 Å². The molecule has 0 amide bonds.